The molecule has 0 radical (unpaired) electrons. The highest BCUT2D eigenvalue weighted by atomic mass is 16.1. The van der Waals surface area contributed by atoms with Crippen molar-refractivity contribution in [1.29, 1.82) is 0 Å². The molecule has 1 amide bonds. The largest absolute Gasteiger partial charge is 0.405 e. The van der Waals surface area contributed by atoms with Gasteiger partial charge in [0.05, 0.1) is 11.4 Å². The van der Waals surface area contributed by atoms with Crippen molar-refractivity contribution in [2.24, 2.45) is 5.73 Å². The molecule has 0 spiro atoms. The van der Waals surface area contributed by atoms with Crippen LogP contribution in [0.3, 0.4) is 0 Å². The highest BCUT2D eigenvalue weighted by Crippen LogP contribution is 2.25. The van der Waals surface area contributed by atoms with Crippen molar-refractivity contribution >= 4 is 17.2 Å². The zero-order chi connectivity index (χ0) is 20.8. The molecule has 0 bridgehead atoms. The van der Waals surface area contributed by atoms with Crippen molar-refractivity contribution in [2.75, 3.05) is 45.2 Å². The molecule has 2 aromatic rings. The standard InChI is InChI=1S/C22H28N6O/c1-16(14-18(8-9-23)22(29)24-2)20-15-21(26-25-20)17-4-6-19(7-5-17)28-12-10-27(3)11-13-28/h4-9,14-15H,1,10-13,23H2,2-3H3,(H,24,29)(H,25,26)/b9-8-,18-14+. The molecule has 2 heterocycles. The van der Waals surface area contributed by atoms with Crippen LogP contribution in [0.2, 0.25) is 0 Å². The van der Waals surface area contributed by atoms with E-state index < -0.39 is 0 Å². The molecule has 3 rings (SSSR count). The third-order valence-corrected chi connectivity index (χ3v) is 5.05. The average molecular weight is 393 g/mol. The number of carbonyl (C=O) groups excluding carboxylic acids is 1. The van der Waals surface area contributed by atoms with E-state index in [1.54, 1.807) is 13.1 Å². The van der Waals surface area contributed by atoms with Gasteiger partial charge in [0.25, 0.3) is 5.91 Å². The summed E-state index contributed by atoms with van der Waals surface area (Å²) < 4.78 is 0. The van der Waals surface area contributed by atoms with Crippen molar-refractivity contribution in [1.82, 2.24) is 20.4 Å². The van der Waals surface area contributed by atoms with E-state index in [0.29, 0.717) is 16.8 Å². The molecule has 1 fully saturated rings. The van der Waals surface area contributed by atoms with Gasteiger partial charge in [0.15, 0.2) is 0 Å². The molecule has 4 N–H and O–H groups in total. The van der Waals surface area contributed by atoms with Crippen LogP contribution in [-0.4, -0.2) is 61.3 Å². The Balaban J connectivity index is 1.74. The summed E-state index contributed by atoms with van der Waals surface area (Å²) in [6, 6.07) is 10.4. The summed E-state index contributed by atoms with van der Waals surface area (Å²) in [5.74, 6) is -0.233. The lowest BCUT2D eigenvalue weighted by Gasteiger charge is -2.34. The third-order valence-electron chi connectivity index (χ3n) is 5.05. The van der Waals surface area contributed by atoms with E-state index in [-0.39, 0.29) is 5.91 Å². The molecule has 1 aliphatic heterocycles. The molecule has 7 nitrogen and oxygen atoms in total. The Morgan fingerprint density at radius 3 is 2.55 bits per heavy atom. The van der Waals surface area contributed by atoms with Gasteiger partial charge in [-0.15, -0.1) is 0 Å². The monoisotopic (exact) mass is 392 g/mol. The number of rotatable bonds is 6. The molecule has 1 aliphatic rings. The normalized spacial score (nSPS) is 15.7. The van der Waals surface area contributed by atoms with Gasteiger partial charge in [-0.25, -0.2) is 0 Å². The minimum Gasteiger partial charge on any atom is -0.405 e. The molecule has 29 heavy (non-hydrogen) atoms. The number of nitrogens with one attached hydrogen (secondary N) is 2. The van der Waals surface area contributed by atoms with Gasteiger partial charge in [-0.05, 0) is 54.7 Å². The lowest BCUT2D eigenvalue weighted by Crippen LogP contribution is -2.44. The first-order chi connectivity index (χ1) is 14.0. The maximum atomic E-state index is 11.9. The highest BCUT2D eigenvalue weighted by Gasteiger charge is 2.14. The number of benzene rings is 1. The van der Waals surface area contributed by atoms with Crippen LogP contribution in [0, 0.1) is 0 Å². The number of aromatic amines is 1. The zero-order valence-electron chi connectivity index (χ0n) is 17.0. The van der Waals surface area contributed by atoms with E-state index >= 15 is 0 Å². The van der Waals surface area contributed by atoms with Crippen molar-refractivity contribution < 1.29 is 4.79 Å². The van der Waals surface area contributed by atoms with E-state index in [4.69, 9.17) is 5.73 Å². The van der Waals surface area contributed by atoms with Gasteiger partial charge in [-0.3, -0.25) is 9.89 Å². The van der Waals surface area contributed by atoms with Crippen molar-refractivity contribution in [2.45, 2.75) is 0 Å². The van der Waals surface area contributed by atoms with E-state index in [1.807, 2.05) is 6.07 Å². The van der Waals surface area contributed by atoms with Crippen molar-refractivity contribution in [3.05, 3.63) is 66.5 Å². The fraction of sp³-hybridized carbons (Fsp3) is 0.273. The maximum Gasteiger partial charge on any atom is 0.251 e. The quantitative estimate of drug-likeness (QED) is 0.517. The van der Waals surface area contributed by atoms with E-state index in [1.165, 1.54) is 18.0 Å². The van der Waals surface area contributed by atoms with Gasteiger partial charge in [0.2, 0.25) is 0 Å². The first-order valence-electron chi connectivity index (χ1n) is 9.62. The number of nitrogens with zero attached hydrogens (tertiary/aromatic N) is 3. The van der Waals surface area contributed by atoms with Crippen LogP contribution >= 0.6 is 0 Å². The van der Waals surface area contributed by atoms with Crippen molar-refractivity contribution in [3.8, 4) is 11.3 Å². The summed E-state index contributed by atoms with van der Waals surface area (Å²) in [5, 5.41) is 9.97. The SMILES string of the molecule is C=C(/C=C(\C=C/N)C(=O)NC)c1cc(-c2ccc(N3CCN(C)CC3)cc2)[nH]n1. The number of amides is 1. The molecule has 0 atom stereocenters. The van der Waals surface area contributed by atoms with Gasteiger partial charge in [0.1, 0.15) is 0 Å². The van der Waals surface area contributed by atoms with Crippen LogP contribution < -0.4 is 16.0 Å². The summed E-state index contributed by atoms with van der Waals surface area (Å²) in [7, 11) is 3.73. The molecule has 0 aliphatic carbocycles. The number of H-pyrrole nitrogens is 1. The lowest BCUT2D eigenvalue weighted by atomic mass is 10.1. The number of anilines is 1. The maximum absolute atomic E-state index is 11.9. The molecule has 0 saturated carbocycles. The van der Waals surface area contributed by atoms with E-state index in [2.05, 4.69) is 63.2 Å². The Morgan fingerprint density at radius 2 is 1.93 bits per heavy atom. The minimum absolute atomic E-state index is 0.233. The molecular formula is C22H28N6O. The second kappa shape index (κ2) is 9.25. The molecule has 1 aromatic carbocycles. The molecule has 152 valence electrons. The van der Waals surface area contributed by atoms with Crippen LogP contribution in [-0.2, 0) is 4.79 Å². The molecule has 7 heteroatoms. The number of piperazine rings is 1. The number of hydrogen-bond acceptors (Lipinski definition) is 5. The van der Waals surface area contributed by atoms with Crippen LogP contribution in [0.25, 0.3) is 16.8 Å². The fourth-order valence-corrected chi connectivity index (χ4v) is 3.25. The zero-order valence-corrected chi connectivity index (χ0v) is 17.0. The topological polar surface area (TPSA) is 90.3 Å². The Bertz CT molecular complexity index is 917. The molecule has 0 unspecified atom stereocenters. The summed E-state index contributed by atoms with van der Waals surface area (Å²) in [6.07, 6.45) is 4.53. The Labute approximate surface area is 171 Å². The first-order valence-corrected chi connectivity index (χ1v) is 9.62. The molecular weight excluding hydrogens is 364 g/mol. The number of nitrogens with two attached hydrogens (primary N) is 1. The predicted octanol–water partition coefficient (Wildman–Crippen LogP) is 1.99. The van der Waals surface area contributed by atoms with E-state index in [9.17, 15) is 4.79 Å². The second-order valence-electron chi connectivity index (χ2n) is 7.07. The van der Waals surface area contributed by atoms with Gasteiger partial charge < -0.3 is 20.9 Å². The summed E-state index contributed by atoms with van der Waals surface area (Å²) >= 11 is 0. The predicted molar refractivity (Wildman–Crippen MR) is 118 cm³/mol. The minimum atomic E-state index is -0.233. The first kappa shape index (κ1) is 20.4. The Hall–Kier alpha value is -3.32. The fourth-order valence-electron chi connectivity index (χ4n) is 3.25. The number of likely N-dealkylation sites (N-methyl/N-ethyl adjacent to an activating group) is 2. The smallest absolute Gasteiger partial charge is 0.251 e. The third kappa shape index (κ3) is 4.94. The summed E-state index contributed by atoms with van der Waals surface area (Å²) in [4.78, 5) is 16.7. The molecule has 1 saturated heterocycles. The molecule has 1 aromatic heterocycles. The van der Waals surface area contributed by atoms with Gasteiger partial charge >= 0.3 is 0 Å². The number of allylic oxidation sites excluding steroid dienone is 2. The van der Waals surface area contributed by atoms with E-state index in [0.717, 1.165) is 37.4 Å². The van der Waals surface area contributed by atoms with Crippen LogP contribution in [0.15, 0.2) is 60.8 Å². The van der Waals surface area contributed by atoms with Gasteiger partial charge in [-0.2, -0.15) is 5.10 Å². The van der Waals surface area contributed by atoms with Crippen LogP contribution in [0.1, 0.15) is 5.69 Å². The summed E-state index contributed by atoms with van der Waals surface area (Å²) in [6.45, 7) is 8.28. The van der Waals surface area contributed by atoms with Crippen LogP contribution in [0.4, 0.5) is 5.69 Å². The Kier molecular flexibility index (Phi) is 6.51. The average Bonchev–Trinajstić information content (AvgIpc) is 3.24. The Morgan fingerprint density at radius 1 is 1.24 bits per heavy atom. The van der Waals surface area contributed by atoms with Crippen molar-refractivity contribution in [3.63, 3.8) is 0 Å². The lowest BCUT2D eigenvalue weighted by molar-refractivity contribution is -0.116. The van der Waals surface area contributed by atoms with Gasteiger partial charge in [-0.1, -0.05) is 18.7 Å². The second-order valence-corrected chi connectivity index (χ2v) is 7.07. The number of aromatic nitrogens is 2. The van der Waals surface area contributed by atoms with Gasteiger partial charge in [0, 0.05) is 44.5 Å². The van der Waals surface area contributed by atoms with Crippen LogP contribution in [0.5, 0.6) is 0 Å². The summed E-state index contributed by atoms with van der Waals surface area (Å²) in [5.41, 5.74) is 10.3. The highest BCUT2D eigenvalue weighted by molar-refractivity contribution is 5.98. The number of hydrogen-bond donors (Lipinski definition) is 3. The number of carbonyl (C=O) groups is 1.